The molecule has 2 rings (SSSR count). The lowest BCUT2D eigenvalue weighted by Gasteiger charge is -2.22. The zero-order chi connectivity index (χ0) is 14.5. The number of thiophene rings is 1. The second-order valence-corrected chi connectivity index (χ2v) is 6.05. The van der Waals surface area contributed by atoms with Crippen LogP contribution in [0, 0.1) is 6.92 Å². The lowest BCUT2D eigenvalue weighted by atomic mass is 10.1. The van der Waals surface area contributed by atoms with Crippen molar-refractivity contribution in [3.8, 4) is 0 Å². The maximum Gasteiger partial charge on any atom is 0.262 e. The van der Waals surface area contributed by atoms with Crippen LogP contribution in [0.25, 0.3) is 0 Å². The molecule has 0 aliphatic carbocycles. The molecule has 1 aromatic heterocycles. The predicted octanol–water partition coefficient (Wildman–Crippen LogP) is 3.09. The zero-order valence-corrected chi connectivity index (χ0v) is 12.9. The monoisotopic (exact) mass is 288 g/mol. The van der Waals surface area contributed by atoms with Crippen LogP contribution < -0.4 is 5.32 Å². The first-order valence-corrected chi connectivity index (χ1v) is 7.50. The van der Waals surface area contributed by atoms with Crippen molar-refractivity contribution < 1.29 is 4.79 Å². The molecule has 1 aromatic carbocycles. The highest BCUT2D eigenvalue weighted by atomic mass is 32.1. The van der Waals surface area contributed by atoms with Crippen LogP contribution >= 0.6 is 11.3 Å². The van der Waals surface area contributed by atoms with E-state index in [-0.39, 0.29) is 11.9 Å². The van der Waals surface area contributed by atoms with Gasteiger partial charge in [0.1, 0.15) is 0 Å². The molecule has 1 N–H and O–H groups in total. The maximum atomic E-state index is 12.4. The van der Waals surface area contributed by atoms with Gasteiger partial charge in [-0.3, -0.25) is 4.79 Å². The smallest absolute Gasteiger partial charge is 0.262 e. The van der Waals surface area contributed by atoms with Crippen LogP contribution in [0.15, 0.2) is 41.8 Å². The van der Waals surface area contributed by atoms with Gasteiger partial charge in [0.2, 0.25) is 0 Å². The molecule has 0 aliphatic heterocycles. The molecule has 0 fully saturated rings. The summed E-state index contributed by atoms with van der Waals surface area (Å²) in [5, 5.41) is 5.09. The molecule has 2 aromatic rings. The van der Waals surface area contributed by atoms with Gasteiger partial charge in [-0.25, -0.2) is 0 Å². The lowest BCUT2D eigenvalue weighted by molar-refractivity contribution is 0.0933. The van der Waals surface area contributed by atoms with Crippen molar-refractivity contribution in [1.29, 1.82) is 0 Å². The summed E-state index contributed by atoms with van der Waals surface area (Å²) in [7, 11) is 4.02. The van der Waals surface area contributed by atoms with E-state index in [2.05, 4.69) is 22.3 Å². The molecule has 0 bridgehead atoms. The Morgan fingerprint density at radius 1 is 1.25 bits per heavy atom. The van der Waals surface area contributed by atoms with E-state index >= 15 is 0 Å². The van der Waals surface area contributed by atoms with Crippen LogP contribution in [-0.4, -0.2) is 31.4 Å². The number of amides is 1. The minimum absolute atomic E-state index is 0.000185. The fraction of sp³-hybridized carbons (Fsp3) is 0.312. The third kappa shape index (κ3) is 3.68. The molecule has 4 heteroatoms. The van der Waals surface area contributed by atoms with Crippen LogP contribution in [0.5, 0.6) is 0 Å². The van der Waals surface area contributed by atoms with Crippen molar-refractivity contribution in [2.75, 3.05) is 20.6 Å². The Labute approximate surface area is 124 Å². The van der Waals surface area contributed by atoms with Crippen LogP contribution in [0.1, 0.15) is 26.8 Å². The third-order valence-corrected chi connectivity index (χ3v) is 4.14. The molecule has 0 saturated heterocycles. The zero-order valence-electron chi connectivity index (χ0n) is 12.1. The fourth-order valence-corrected chi connectivity index (χ4v) is 2.94. The van der Waals surface area contributed by atoms with Gasteiger partial charge in [-0.2, -0.15) is 0 Å². The molecule has 0 radical (unpaired) electrons. The van der Waals surface area contributed by atoms with Gasteiger partial charge in [0.25, 0.3) is 5.91 Å². The van der Waals surface area contributed by atoms with Crippen molar-refractivity contribution >= 4 is 17.2 Å². The number of hydrogen-bond acceptors (Lipinski definition) is 3. The Kier molecular flexibility index (Phi) is 4.93. The van der Waals surface area contributed by atoms with Crippen LogP contribution in [0.2, 0.25) is 0 Å². The summed E-state index contributed by atoms with van der Waals surface area (Å²) in [6.07, 6.45) is 0. The Morgan fingerprint density at radius 2 is 1.95 bits per heavy atom. The van der Waals surface area contributed by atoms with Gasteiger partial charge in [-0.1, -0.05) is 30.3 Å². The van der Waals surface area contributed by atoms with E-state index in [0.717, 1.165) is 22.5 Å². The molecule has 0 spiro atoms. The molecular formula is C16H20N2OS. The van der Waals surface area contributed by atoms with Gasteiger partial charge >= 0.3 is 0 Å². The summed E-state index contributed by atoms with van der Waals surface area (Å²) in [5.41, 5.74) is 2.16. The van der Waals surface area contributed by atoms with Gasteiger partial charge in [0, 0.05) is 6.54 Å². The minimum Gasteiger partial charge on any atom is -0.343 e. The Bertz CT molecular complexity index is 563. The van der Waals surface area contributed by atoms with Gasteiger partial charge in [-0.15, -0.1) is 11.3 Å². The Morgan fingerprint density at radius 3 is 2.50 bits per heavy atom. The highest BCUT2D eigenvalue weighted by Gasteiger charge is 2.18. The molecule has 1 atom stereocenters. The summed E-state index contributed by atoms with van der Waals surface area (Å²) >= 11 is 1.49. The van der Waals surface area contributed by atoms with Crippen molar-refractivity contribution in [2.24, 2.45) is 0 Å². The van der Waals surface area contributed by atoms with E-state index in [1.54, 1.807) is 0 Å². The predicted molar refractivity (Wildman–Crippen MR) is 84.3 cm³/mol. The maximum absolute atomic E-state index is 12.4. The lowest BCUT2D eigenvalue weighted by Crippen LogP contribution is -2.35. The van der Waals surface area contributed by atoms with E-state index in [1.165, 1.54) is 11.3 Å². The molecule has 3 nitrogen and oxygen atoms in total. The van der Waals surface area contributed by atoms with Gasteiger partial charge in [0.15, 0.2) is 0 Å². The highest BCUT2D eigenvalue weighted by Crippen LogP contribution is 2.19. The van der Waals surface area contributed by atoms with Crippen molar-refractivity contribution in [2.45, 2.75) is 13.0 Å². The first-order valence-electron chi connectivity index (χ1n) is 6.62. The SMILES string of the molecule is Cc1ccsc1C(=O)NC(CN(C)C)c1ccccc1. The van der Waals surface area contributed by atoms with Crippen LogP contribution in [0.3, 0.4) is 0 Å². The summed E-state index contributed by atoms with van der Waals surface area (Å²) in [4.78, 5) is 15.3. The van der Waals surface area contributed by atoms with Crippen molar-refractivity contribution in [3.63, 3.8) is 0 Å². The number of likely N-dealkylation sites (N-methyl/N-ethyl adjacent to an activating group) is 1. The molecule has 1 amide bonds. The van der Waals surface area contributed by atoms with Crippen LogP contribution in [-0.2, 0) is 0 Å². The largest absolute Gasteiger partial charge is 0.343 e. The van der Waals surface area contributed by atoms with E-state index < -0.39 is 0 Å². The summed E-state index contributed by atoms with van der Waals surface area (Å²) < 4.78 is 0. The molecule has 0 saturated carbocycles. The van der Waals surface area contributed by atoms with Gasteiger partial charge in [-0.05, 0) is 43.6 Å². The number of nitrogens with zero attached hydrogens (tertiary/aromatic N) is 1. The highest BCUT2D eigenvalue weighted by molar-refractivity contribution is 7.12. The molecule has 1 heterocycles. The summed E-state index contributed by atoms with van der Waals surface area (Å²) in [6, 6.07) is 12.1. The van der Waals surface area contributed by atoms with Crippen LogP contribution in [0.4, 0.5) is 0 Å². The Balaban J connectivity index is 2.16. The molecular weight excluding hydrogens is 268 g/mol. The average molecular weight is 288 g/mol. The molecule has 0 aliphatic rings. The average Bonchev–Trinajstić information content (AvgIpc) is 2.85. The molecule has 106 valence electrons. The normalized spacial score (nSPS) is 12.4. The number of carbonyl (C=O) groups excluding carboxylic acids is 1. The van der Waals surface area contributed by atoms with Gasteiger partial charge < -0.3 is 10.2 Å². The fourth-order valence-electron chi connectivity index (χ4n) is 2.11. The Hall–Kier alpha value is -1.65. The number of carbonyl (C=O) groups is 1. The number of nitrogens with one attached hydrogen (secondary N) is 1. The number of aryl methyl sites for hydroxylation is 1. The quantitative estimate of drug-likeness (QED) is 0.917. The van der Waals surface area contributed by atoms with E-state index in [4.69, 9.17) is 0 Å². The topological polar surface area (TPSA) is 32.3 Å². The van der Waals surface area contributed by atoms with E-state index in [1.807, 2.05) is 50.7 Å². The van der Waals surface area contributed by atoms with E-state index in [9.17, 15) is 4.79 Å². The molecule has 20 heavy (non-hydrogen) atoms. The molecule has 1 unspecified atom stereocenters. The second-order valence-electron chi connectivity index (χ2n) is 5.13. The third-order valence-electron chi connectivity index (χ3n) is 3.12. The summed E-state index contributed by atoms with van der Waals surface area (Å²) in [5.74, 6) is 0.00760. The van der Waals surface area contributed by atoms with Crippen molar-refractivity contribution in [1.82, 2.24) is 10.2 Å². The number of hydrogen-bond donors (Lipinski definition) is 1. The van der Waals surface area contributed by atoms with E-state index in [0.29, 0.717) is 0 Å². The van der Waals surface area contributed by atoms with Gasteiger partial charge in [0.05, 0.1) is 10.9 Å². The first-order chi connectivity index (χ1) is 9.58. The first kappa shape index (κ1) is 14.8. The minimum atomic E-state index is 0.000185. The van der Waals surface area contributed by atoms with Crippen molar-refractivity contribution in [3.05, 3.63) is 57.8 Å². The second kappa shape index (κ2) is 6.68. The number of benzene rings is 1. The standard InChI is InChI=1S/C16H20N2OS/c1-12-9-10-20-15(12)16(19)17-14(11-18(2)3)13-7-5-4-6-8-13/h4-10,14H,11H2,1-3H3,(H,17,19). The number of rotatable bonds is 5. The summed E-state index contributed by atoms with van der Waals surface area (Å²) in [6.45, 7) is 2.75.